The van der Waals surface area contributed by atoms with E-state index in [4.69, 9.17) is 21.4 Å². The molecule has 0 aliphatic rings. The number of thiazole rings is 2. The fourth-order valence-corrected chi connectivity index (χ4v) is 5.62. The number of rotatable bonds is 3. The number of nitrogens with two attached hydrogens (primary N) is 2. The lowest BCUT2D eigenvalue weighted by molar-refractivity contribution is 1.47. The molecule has 6 aromatic rings. The molecule has 2 aromatic heterocycles. The molecule has 4 N–H and O–H groups in total. The summed E-state index contributed by atoms with van der Waals surface area (Å²) < 4.78 is 2.34. The minimum atomic E-state index is 0.758. The van der Waals surface area contributed by atoms with Gasteiger partial charge in [-0.15, -0.1) is 22.7 Å². The van der Waals surface area contributed by atoms with Gasteiger partial charge in [0.25, 0.3) is 0 Å². The summed E-state index contributed by atoms with van der Waals surface area (Å²) in [5, 5.41) is 2.00. The van der Waals surface area contributed by atoms with Crippen LogP contribution in [0.4, 0.5) is 11.4 Å². The maximum absolute atomic E-state index is 5.82. The Morgan fingerprint density at radius 1 is 0.469 bits per heavy atom. The topological polar surface area (TPSA) is 77.8 Å². The second kappa shape index (κ2) is 7.44. The molecule has 2 heterocycles. The molecule has 0 fully saturated rings. The SMILES string of the molecule is Nc1ccc(-c2nc3cc(-c4ccc5sc(-c6ccc(N)cc6)nc5c4)ccc3s2)cc1. The summed E-state index contributed by atoms with van der Waals surface area (Å²) in [5.74, 6) is 0. The minimum absolute atomic E-state index is 0.758. The average Bonchev–Trinajstić information content (AvgIpc) is 3.43. The van der Waals surface area contributed by atoms with Gasteiger partial charge in [-0.1, -0.05) is 12.1 Å². The third-order valence-corrected chi connectivity index (χ3v) is 7.59. The first kappa shape index (κ1) is 19.0. The Bertz CT molecular complexity index is 1460. The van der Waals surface area contributed by atoms with Crippen LogP contribution in [-0.2, 0) is 0 Å². The molecule has 0 spiro atoms. The molecular formula is C26H18N4S2. The zero-order valence-electron chi connectivity index (χ0n) is 16.9. The van der Waals surface area contributed by atoms with Crippen LogP contribution in [0.2, 0.25) is 0 Å². The van der Waals surface area contributed by atoms with E-state index in [-0.39, 0.29) is 0 Å². The van der Waals surface area contributed by atoms with Gasteiger partial charge < -0.3 is 11.5 Å². The van der Waals surface area contributed by atoms with E-state index in [0.717, 1.165) is 54.7 Å². The number of anilines is 2. The number of fused-ring (bicyclic) bond motifs is 2. The van der Waals surface area contributed by atoms with Crippen molar-refractivity contribution in [2.24, 2.45) is 0 Å². The first-order valence-electron chi connectivity index (χ1n) is 10.2. The molecule has 32 heavy (non-hydrogen) atoms. The number of nitrogen functional groups attached to an aromatic ring is 2. The molecule has 0 saturated heterocycles. The van der Waals surface area contributed by atoms with Crippen LogP contribution in [0.25, 0.3) is 52.7 Å². The Morgan fingerprint density at radius 3 is 1.25 bits per heavy atom. The lowest BCUT2D eigenvalue weighted by atomic mass is 10.1. The Kier molecular flexibility index (Phi) is 4.41. The van der Waals surface area contributed by atoms with Crippen LogP contribution < -0.4 is 11.5 Å². The van der Waals surface area contributed by atoms with Gasteiger partial charge in [-0.3, -0.25) is 0 Å². The van der Waals surface area contributed by atoms with E-state index in [1.54, 1.807) is 22.7 Å². The van der Waals surface area contributed by atoms with Crippen molar-refractivity contribution >= 4 is 54.5 Å². The molecule has 0 bridgehead atoms. The Balaban J connectivity index is 1.37. The minimum Gasteiger partial charge on any atom is -0.399 e. The standard InChI is InChI=1S/C26H18N4S2/c27-19-7-1-15(2-8-19)25-29-21-13-17(5-11-23(21)31-25)18-6-12-24-22(14-18)30-26(32-24)16-3-9-20(28)10-4-16/h1-14H,27-28H2. The molecule has 0 saturated carbocycles. The fraction of sp³-hybridized carbons (Fsp3) is 0. The number of hydrogen-bond donors (Lipinski definition) is 2. The van der Waals surface area contributed by atoms with Crippen molar-refractivity contribution in [2.75, 3.05) is 11.5 Å². The monoisotopic (exact) mass is 450 g/mol. The molecule has 0 unspecified atom stereocenters. The quantitative estimate of drug-likeness (QED) is 0.283. The van der Waals surface area contributed by atoms with Crippen LogP contribution in [-0.4, -0.2) is 9.97 Å². The number of aromatic nitrogens is 2. The molecule has 0 radical (unpaired) electrons. The first-order chi connectivity index (χ1) is 15.6. The van der Waals surface area contributed by atoms with Gasteiger partial charge in [0.1, 0.15) is 10.0 Å². The highest BCUT2D eigenvalue weighted by atomic mass is 32.1. The molecule has 4 nitrogen and oxygen atoms in total. The van der Waals surface area contributed by atoms with Crippen molar-refractivity contribution in [2.45, 2.75) is 0 Å². The summed E-state index contributed by atoms with van der Waals surface area (Å²) in [6, 6.07) is 28.6. The molecule has 6 rings (SSSR count). The summed E-state index contributed by atoms with van der Waals surface area (Å²) in [6.07, 6.45) is 0. The summed E-state index contributed by atoms with van der Waals surface area (Å²) in [5.41, 5.74) is 19.6. The summed E-state index contributed by atoms with van der Waals surface area (Å²) in [7, 11) is 0. The molecule has 0 amide bonds. The van der Waals surface area contributed by atoms with Crippen molar-refractivity contribution < 1.29 is 0 Å². The lowest BCUT2D eigenvalue weighted by Gasteiger charge is -2.01. The van der Waals surface area contributed by atoms with Crippen molar-refractivity contribution in [1.82, 2.24) is 9.97 Å². The molecular weight excluding hydrogens is 432 g/mol. The zero-order chi connectivity index (χ0) is 21.7. The van der Waals surface area contributed by atoms with Crippen LogP contribution in [0, 0.1) is 0 Å². The zero-order valence-corrected chi connectivity index (χ0v) is 18.6. The van der Waals surface area contributed by atoms with Crippen LogP contribution in [0.5, 0.6) is 0 Å². The summed E-state index contributed by atoms with van der Waals surface area (Å²) >= 11 is 3.39. The molecule has 0 atom stereocenters. The lowest BCUT2D eigenvalue weighted by Crippen LogP contribution is -1.83. The van der Waals surface area contributed by atoms with Gasteiger partial charge in [-0.2, -0.15) is 0 Å². The summed E-state index contributed by atoms with van der Waals surface area (Å²) in [6.45, 7) is 0. The van der Waals surface area contributed by atoms with Crippen LogP contribution in [0.15, 0.2) is 84.9 Å². The second-order valence-electron chi connectivity index (χ2n) is 7.65. The van der Waals surface area contributed by atoms with Gasteiger partial charge in [0.2, 0.25) is 0 Å². The highest BCUT2D eigenvalue weighted by molar-refractivity contribution is 7.22. The van der Waals surface area contributed by atoms with Crippen molar-refractivity contribution in [1.29, 1.82) is 0 Å². The van der Waals surface area contributed by atoms with E-state index in [0.29, 0.717) is 0 Å². The normalized spacial score (nSPS) is 11.4. The first-order valence-corrected chi connectivity index (χ1v) is 11.8. The predicted molar refractivity (Wildman–Crippen MR) is 138 cm³/mol. The maximum Gasteiger partial charge on any atom is 0.124 e. The van der Waals surface area contributed by atoms with Crippen LogP contribution in [0.3, 0.4) is 0 Å². The van der Waals surface area contributed by atoms with Gasteiger partial charge in [0, 0.05) is 22.5 Å². The number of nitrogens with zero attached hydrogens (tertiary/aromatic N) is 2. The molecule has 154 valence electrons. The van der Waals surface area contributed by atoms with E-state index < -0.39 is 0 Å². The van der Waals surface area contributed by atoms with E-state index in [1.807, 2.05) is 48.5 Å². The van der Waals surface area contributed by atoms with Crippen LogP contribution in [0.1, 0.15) is 0 Å². The Labute approximate surface area is 192 Å². The smallest absolute Gasteiger partial charge is 0.124 e. The number of hydrogen-bond acceptors (Lipinski definition) is 6. The molecule has 0 aliphatic heterocycles. The Hall–Kier alpha value is -3.74. The second-order valence-corrected chi connectivity index (χ2v) is 9.71. The highest BCUT2D eigenvalue weighted by Crippen LogP contribution is 2.36. The van der Waals surface area contributed by atoms with E-state index in [9.17, 15) is 0 Å². The predicted octanol–water partition coefficient (Wildman–Crippen LogP) is 7.07. The van der Waals surface area contributed by atoms with Crippen LogP contribution >= 0.6 is 22.7 Å². The van der Waals surface area contributed by atoms with Crippen molar-refractivity contribution in [3.63, 3.8) is 0 Å². The van der Waals surface area contributed by atoms with Gasteiger partial charge in [0.05, 0.1) is 20.4 Å². The fourth-order valence-electron chi connectivity index (χ4n) is 3.71. The maximum atomic E-state index is 5.82. The van der Waals surface area contributed by atoms with Gasteiger partial charge in [-0.25, -0.2) is 9.97 Å². The van der Waals surface area contributed by atoms with E-state index >= 15 is 0 Å². The van der Waals surface area contributed by atoms with E-state index in [2.05, 4.69) is 36.4 Å². The van der Waals surface area contributed by atoms with Gasteiger partial charge in [0.15, 0.2) is 0 Å². The van der Waals surface area contributed by atoms with E-state index in [1.165, 1.54) is 9.40 Å². The third-order valence-electron chi connectivity index (χ3n) is 5.42. The molecule has 0 aliphatic carbocycles. The Morgan fingerprint density at radius 2 is 0.844 bits per heavy atom. The largest absolute Gasteiger partial charge is 0.399 e. The average molecular weight is 451 g/mol. The number of benzene rings is 4. The van der Waals surface area contributed by atoms with Crippen molar-refractivity contribution in [3.05, 3.63) is 84.9 Å². The molecule has 4 aromatic carbocycles. The van der Waals surface area contributed by atoms with Gasteiger partial charge in [-0.05, 0) is 83.9 Å². The molecule has 6 heteroatoms. The third kappa shape index (κ3) is 3.39. The van der Waals surface area contributed by atoms with Crippen molar-refractivity contribution in [3.8, 4) is 32.3 Å². The van der Waals surface area contributed by atoms with Gasteiger partial charge >= 0.3 is 0 Å². The summed E-state index contributed by atoms with van der Waals surface area (Å²) in [4.78, 5) is 9.73. The highest BCUT2D eigenvalue weighted by Gasteiger charge is 2.11.